The van der Waals surface area contributed by atoms with Crippen LogP contribution < -0.4 is 10.1 Å². The van der Waals surface area contributed by atoms with Crippen LogP contribution in [0.3, 0.4) is 0 Å². The molecule has 4 rings (SSSR count). The van der Waals surface area contributed by atoms with Crippen LogP contribution in [0.4, 0.5) is 5.69 Å². The lowest BCUT2D eigenvalue weighted by Crippen LogP contribution is -2.30. The van der Waals surface area contributed by atoms with Gasteiger partial charge in [-0.1, -0.05) is 17.7 Å². The summed E-state index contributed by atoms with van der Waals surface area (Å²) in [5.74, 6) is 1.63. The van der Waals surface area contributed by atoms with Gasteiger partial charge in [0.2, 0.25) is 5.75 Å². The summed E-state index contributed by atoms with van der Waals surface area (Å²) in [6, 6.07) is 15.8. The van der Waals surface area contributed by atoms with Gasteiger partial charge in [0.25, 0.3) is 5.91 Å². The highest BCUT2D eigenvalue weighted by Crippen LogP contribution is 2.33. The van der Waals surface area contributed by atoms with E-state index in [-0.39, 0.29) is 28.4 Å². The number of carbonyl (C=O) groups is 1. The topological polar surface area (TPSA) is 112 Å². The van der Waals surface area contributed by atoms with Crippen LogP contribution in [0.25, 0.3) is 5.65 Å². The van der Waals surface area contributed by atoms with E-state index >= 15 is 0 Å². The highest BCUT2D eigenvalue weighted by atomic mass is 35.5. The minimum absolute atomic E-state index is 0.0578. The van der Waals surface area contributed by atoms with Crippen LogP contribution in [0.5, 0.6) is 11.5 Å². The van der Waals surface area contributed by atoms with Gasteiger partial charge >= 0.3 is 5.69 Å². The van der Waals surface area contributed by atoms with Crippen LogP contribution in [0, 0.1) is 10.1 Å². The molecule has 11 heteroatoms. The molecule has 0 fully saturated rings. The molecule has 0 spiro atoms. The van der Waals surface area contributed by atoms with Gasteiger partial charge in [0, 0.05) is 22.8 Å². The van der Waals surface area contributed by atoms with Crippen molar-refractivity contribution in [2.75, 3.05) is 12.0 Å². The molecule has 174 valence electrons. The van der Waals surface area contributed by atoms with Crippen molar-refractivity contribution in [1.29, 1.82) is 0 Å². The molecule has 0 aliphatic carbocycles. The van der Waals surface area contributed by atoms with Gasteiger partial charge < -0.3 is 10.1 Å². The number of rotatable bonds is 9. The highest BCUT2D eigenvalue weighted by Gasteiger charge is 2.21. The number of pyridine rings is 1. The van der Waals surface area contributed by atoms with Gasteiger partial charge in [-0.25, -0.2) is 0 Å². The van der Waals surface area contributed by atoms with Crippen LogP contribution in [0.2, 0.25) is 5.02 Å². The smallest absolute Gasteiger partial charge is 0.313 e. The average molecular weight is 498 g/mol. The van der Waals surface area contributed by atoms with E-state index < -0.39 is 4.92 Å². The SMILES string of the molecule is CSCCC(NC(=O)c1ccc(Oc2ccc(Cl)cc2[N+](=O)[O-])cc1)c1nnc2ccccn12. The van der Waals surface area contributed by atoms with Crippen molar-refractivity contribution in [2.24, 2.45) is 0 Å². The van der Waals surface area contributed by atoms with E-state index in [2.05, 4.69) is 15.5 Å². The number of thioether (sulfide) groups is 1. The normalized spacial score (nSPS) is 11.8. The molecule has 1 N–H and O–H groups in total. The molecular weight excluding hydrogens is 478 g/mol. The second-order valence-corrected chi connectivity index (χ2v) is 8.71. The third-order valence-electron chi connectivity index (χ3n) is 5.03. The van der Waals surface area contributed by atoms with Crippen molar-refractivity contribution in [3.05, 3.63) is 93.4 Å². The number of nitrogens with zero attached hydrogens (tertiary/aromatic N) is 4. The number of nitrogens with one attached hydrogen (secondary N) is 1. The molecule has 0 radical (unpaired) electrons. The van der Waals surface area contributed by atoms with Gasteiger partial charge in [-0.05, 0) is 67.0 Å². The molecule has 1 atom stereocenters. The molecule has 0 bridgehead atoms. The molecular formula is C23H20ClN5O4S. The summed E-state index contributed by atoms with van der Waals surface area (Å²) in [6.45, 7) is 0. The van der Waals surface area contributed by atoms with Crippen LogP contribution in [0.1, 0.15) is 28.6 Å². The number of benzene rings is 2. The van der Waals surface area contributed by atoms with E-state index in [0.717, 1.165) is 5.75 Å². The Labute approximate surface area is 204 Å². The lowest BCUT2D eigenvalue weighted by atomic mass is 10.1. The predicted octanol–water partition coefficient (Wildman–Crippen LogP) is 5.31. The van der Waals surface area contributed by atoms with Crippen molar-refractivity contribution in [3.8, 4) is 11.5 Å². The molecule has 0 aliphatic heterocycles. The molecule has 4 aromatic rings. The van der Waals surface area contributed by atoms with Gasteiger partial charge in [0.15, 0.2) is 11.5 Å². The Morgan fingerprint density at radius 3 is 2.74 bits per heavy atom. The monoisotopic (exact) mass is 497 g/mol. The Balaban J connectivity index is 1.51. The zero-order valence-electron chi connectivity index (χ0n) is 18.1. The molecule has 2 aromatic carbocycles. The summed E-state index contributed by atoms with van der Waals surface area (Å²) in [7, 11) is 0. The number of halogens is 1. The third kappa shape index (κ3) is 5.29. The summed E-state index contributed by atoms with van der Waals surface area (Å²) in [4.78, 5) is 23.7. The number of ether oxygens (including phenoxy) is 1. The number of aromatic nitrogens is 3. The summed E-state index contributed by atoms with van der Waals surface area (Å²) in [6.07, 6.45) is 4.56. The molecule has 34 heavy (non-hydrogen) atoms. The second kappa shape index (κ2) is 10.5. The number of amides is 1. The van der Waals surface area contributed by atoms with Crippen molar-refractivity contribution in [2.45, 2.75) is 12.5 Å². The number of fused-ring (bicyclic) bond motifs is 1. The first kappa shape index (κ1) is 23.5. The minimum atomic E-state index is -0.564. The first-order valence-corrected chi connectivity index (χ1v) is 12.0. The van der Waals surface area contributed by atoms with Gasteiger partial charge in [-0.3, -0.25) is 19.3 Å². The molecule has 1 unspecified atom stereocenters. The van der Waals surface area contributed by atoms with Crippen molar-refractivity contribution in [3.63, 3.8) is 0 Å². The fourth-order valence-corrected chi connectivity index (χ4v) is 4.00. The Morgan fingerprint density at radius 2 is 2.00 bits per heavy atom. The molecule has 2 aromatic heterocycles. The molecule has 0 saturated heterocycles. The van der Waals surface area contributed by atoms with Gasteiger partial charge in [0.1, 0.15) is 5.75 Å². The zero-order chi connectivity index (χ0) is 24.1. The standard InChI is InChI=1S/C23H20ClN5O4S/c1-34-13-11-18(22-27-26-21-4-2-3-12-28(21)22)25-23(30)15-5-8-17(9-6-15)33-20-10-7-16(24)14-19(20)29(31)32/h2-10,12,14,18H,11,13H2,1H3,(H,25,30). The van der Waals surface area contributed by atoms with Crippen molar-refractivity contribution >= 4 is 40.6 Å². The van der Waals surface area contributed by atoms with Crippen LogP contribution in [0.15, 0.2) is 66.9 Å². The minimum Gasteiger partial charge on any atom is -0.450 e. The van der Waals surface area contributed by atoms with E-state index in [1.54, 1.807) is 36.0 Å². The fraction of sp³-hybridized carbons (Fsp3) is 0.174. The maximum absolute atomic E-state index is 13.0. The zero-order valence-corrected chi connectivity index (χ0v) is 19.6. The molecule has 1 amide bonds. The van der Waals surface area contributed by atoms with E-state index in [9.17, 15) is 14.9 Å². The summed E-state index contributed by atoms with van der Waals surface area (Å²) >= 11 is 7.53. The number of carbonyl (C=O) groups excluding carboxylic acids is 1. The molecule has 0 aliphatic rings. The number of nitro benzene ring substituents is 1. The maximum atomic E-state index is 13.0. The highest BCUT2D eigenvalue weighted by molar-refractivity contribution is 7.98. The van der Waals surface area contributed by atoms with Crippen LogP contribution in [-0.4, -0.2) is 37.4 Å². The van der Waals surface area contributed by atoms with E-state index in [1.807, 2.05) is 35.1 Å². The van der Waals surface area contributed by atoms with Gasteiger partial charge in [0.05, 0.1) is 11.0 Å². The lowest BCUT2D eigenvalue weighted by Gasteiger charge is -2.17. The maximum Gasteiger partial charge on any atom is 0.313 e. The van der Waals surface area contributed by atoms with Gasteiger partial charge in [-0.15, -0.1) is 10.2 Å². The second-order valence-electron chi connectivity index (χ2n) is 7.29. The predicted molar refractivity (Wildman–Crippen MR) is 131 cm³/mol. The van der Waals surface area contributed by atoms with E-state index in [0.29, 0.717) is 29.2 Å². The van der Waals surface area contributed by atoms with Crippen LogP contribution >= 0.6 is 23.4 Å². The average Bonchev–Trinajstić information content (AvgIpc) is 3.27. The Morgan fingerprint density at radius 1 is 1.21 bits per heavy atom. The Bertz CT molecular complexity index is 1330. The number of hydrogen-bond acceptors (Lipinski definition) is 7. The quantitative estimate of drug-likeness (QED) is 0.246. The summed E-state index contributed by atoms with van der Waals surface area (Å²) < 4.78 is 7.51. The van der Waals surface area contributed by atoms with Crippen LogP contribution in [-0.2, 0) is 0 Å². The molecule has 2 heterocycles. The fourth-order valence-electron chi connectivity index (χ4n) is 3.36. The first-order valence-electron chi connectivity index (χ1n) is 10.3. The number of hydrogen-bond donors (Lipinski definition) is 1. The van der Waals surface area contributed by atoms with Crippen molar-refractivity contribution in [1.82, 2.24) is 19.9 Å². The molecule has 9 nitrogen and oxygen atoms in total. The summed E-state index contributed by atoms with van der Waals surface area (Å²) in [5, 5.41) is 23.0. The van der Waals surface area contributed by atoms with Crippen molar-refractivity contribution < 1.29 is 14.5 Å². The molecule has 0 saturated carbocycles. The van der Waals surface area contributed by atoms with E-state index in [4.69, 9.17) is 16.3 Å². The third-order valence-corrected chi connectivity index (χ3v) is 5.91. The first-order chi connectivity index (χ1) is 16.5. The Kier molecular flexibility index (Phi) is 7.29. The number of nitro groups is 1. The summed E-state index contributed by atoms with van der Waals surface area (Å²) in [5.41, 5.74) is 0.881. The van der Waals surface area contributed by atoms with Gasteiger partial charge in [-0.2, -0.15) is 11.8 Å². The Hall–Kier alpha value is -3.63. The van der Waals surface area contributed by atoms with E-state index in [1.165, 1.54) is 18.2 Å². The lowest BCUT2D eigenvalue weighted by molar-refractivity contribution is -0.385. The largest absolute Gasteiger partial charge is 0.450 e.